The minimum atomic E-state index is -3.77. The molecule has 3 heterocycles. The zero-order chi connectivity index (χ0) is 25.2. The second-order valence-corrected chi connectivity index (χ2v) is 14.0. The van der Waals surface area contributed by atoms with Gasteiger partial charge in [0.2, 0.25) is 5.91 Å². The number of amides is 4. The number of halogens is 1. The van der Waals surface area contributed by atoms with Crippen LogP contribution in [-0.4, -0.2) is 80.4 Å². The van der Waals surface area contributed by atoms with Crippen LogP contribution in [0.5, 0.6) is 0 Å². The monoisotopic (exact) mass is 527 g/mol. The van der Waals surface area contributed by atoms with Gasteiger partial charge in [0.05, 0.1) is 22.2 Å². The van der Waals surface area contributed by atoms with Gasteiger partial charge < -0.3 is 10.2 Å². The van der Waals surface area contributed by atoms with E-state index < -0.39 is 67.2 Å². The fraction of sp³-hybridized carbons (Fsp3) is 0.591. The Morgan fingerprint density at radius 1 is 1.09 bits per heavy atom. The number of nitrogens with zero attached hydrogens (tertiary/aromatic N) is 2. The third kappa shape index (κ3) is 4.02. The quantitative estimate of drug-likeness (QED) is 0.450. The van der Waals surface area contributed by atoms with Crippen molar-refractivity contribution in [1.29, 1.82) is 0 Å². The molecule has 2 unspecified atom stereocenters. The van der Waals surface area contributed by atoms with Crippen LogP contribution in [0.3, 0.4) is 0 Å². The van der Waals surface area contributed by atoms with Crippen molar-refractivity contribution < 1.29 is 35.6 Å². The zero-order valence-electron chi connectivity index (χ0n) is 18.9. The molecule has 4 aliphatic rings. The molecule has 2 atom stereocenters. The van der Waals surface area contributed by atoms with Gasteiger partial charge in [-0.25, -0.2) is 26.0 Å². The predicted octanol–water partition coefficient (Wildman–Crippen LogP) is 0.709. The van der Waals surface area contributed by atoms with Crippen molar-refractivity contribution in [2.24, 2.45) is 0 Å². The van der Waals surface area contributed by atoms with Gasteiger partial charge in [-0.2, -0.15) is 0 Å². The number of sulfone groups is 2. The Morgan fingerprint density at radius 3 is 2.46 bits per heavy atom. The van der Waals surface area contributed by atoms with Gasteiger partial charge in [-0.05, 0) is 43.9 Å². The minimum Gasteiger partial charge on any atom is -0.334 e. The molecule has 4 amide bonds. The SMILES string of the molecule is O=C1NC2(CCS(=O)(=O)c3ccc(F)cc32)C(=O)N1CC(=O)N(C1CCCC1)C1CCS(=O)(=O)C1. The van der Waals surface area contributed by atoms with Gasteiger partial charge in [-0.3, -0.25) is 14.5 Å². The number of hydrogen-bond acceptors (Lipinski definition) is 7. The molecule has 2 saturated heterocycles. The predicted molar refractivity (Wildman–Crippen MR) is 121 cm³/mol. The Bertz CT molecular complexity index is 1320. The van der Waals surface area contributed by atoms with Crippen molar-refractivity contribution in [3.8, 4) is 0 Å². The van der Waals surface area contributed by atoms with Crippen molar-refractivity contribution in [1.82, 2.24) is 15.1 Å². The second kappa shape index (κ2) is 8.26. The number of fused-ring (bicyclic) bond motifs is 2. The van der Waals surface area contributed by atoms with E-state index in [0.29, 0.717) is 6.42 Å². The molecule has 190 valence electrons. The minimum absolute atomic E-state index is 0.0166. The molecule has 1 aromatic rings. The first-order valence-electron chi connectivity index (χ1n) is 11.6. The van der Waals surface area contributed by atoms with E-state index in [2.05, 4.69) is 5.32 Å². The number of nitrogens with one attached hydrogen (secondary N) is 1. The van der Waals surface area contributed by atoms with E-state index in [9.17, 15) is 35.6 Å². The van der Waals surface area contributed by atoms with Gasteiger partial charge in [0.1, 0.15) is 17.9 Å². The molecular weight excluding hydrogens is 501 g/mol. The summed E-state index contributed by atoms with van der Waals surface area (Å²) < 4.78 is 63.3. The highest BCUT2D eigenvalue weighted by atomic mass is 32.2. The van der Waals surface area contributed by atoms with Crippen LogP contribution in [0.4, 0.5) is 9.18 Å². The largest absolute Gasteiger partial charge is 0.334 e. The number of carbonyl (C=O) groups is 3. The fourth-order valence-electron chi connectivity index (χ4n) is 5.86. The van der Waals surface area contributed by atoms with Gasteiger partial charge in [-0.1, -0.05) is 12.8 Å². The van der Waals surface area contributed by atoms with Crippen LogP contribution in [-0.2, 0) is 34.8 Å². The topological polar surface area (TPSA) is 138 Å². The third-order valence-corrected chi connectivity index (χ3v) is 11.1. The summed E-state index contributed by atoms with van der Waals surface area (Å²) in [4.78, 5) is 41.9. The molecule has 0 bridgehead atoms. The normalized spacial score (nSPS) is 29.4. The van der Waals surface area contributed by atoms with Crippen molar-refractivity contribution in [2.45, 2.75) is 61.0 Å². The lowest BCUT2D eigenvalue weighted by molar-refractivity contribution is -0.142. The van der Waals surface area contributed by atoms with Gasteiger partial charge in [0.15, 0.2) is 19.7 Å². The van der Waals surface area contributed by atoms with Crippen LogP contribution < -0.4 is 5.32 Å². The lowest BCUT2D eigenvalue weighted by Crippen LogP contribution is -2.52. The lowest BCUT2D eigenvalue weighted by atomic mass is 9.86. The Labute approximate surface area is 202 Å². The first-order chi connectivity index (χ1) is 16.4. The molecule has 0 radical (unpaired) electrons. The highest BCUT2D eigenvalue weighted by Gasteiger charge is 2.57. The average Bonchev–Trinajstić information content (AvgIpc) is 3.48. The Balaban J connectivity index is 1.45. The molecule has 5 rings (SSSR count). The first kappa shape index (κ1) is 24.2. The number of urea groups is 1. The summed E-state index contributed by atoms with van der Waals surface area (Å²) in [7, 11) is -7.04. The van der Waals surface area contributed by atoms with Gasteiger partial charge in [-0.15, -0.1) is 0 Å². The highest BCUT2D eigenvalue weighted by molar-refractivity contribution is 7.91. The van der Waals surface area contributed by atoms with E-state index in [4.69, 9.17) is 0 Å². The lowest BCUT2D eigenvalue weighted by Gasteiger charge is -2.35. The maximum atomic E-state index is 14.1. The van der Waals surface area contributed by atoms with Crippen molar-refractivity contribution in [3.63, 3.8) is 0 Å². The second-order valence-electron chi connectivity index (χ2n) is 9.73. The number of rotatable bonds is 4. The van der Waals surface area contributed by atoms with Crippen LogP contribution in [0.25, 0.3) is 0 Å². The molecule has 10 nitrogen and oxygen atoms in total. The number of benzene rings is 1. The molecule has 1 N–H and O–H groups in total. The number of hydrogen-bond donors (Lipinski definition) is 1. The van der Waals surface area contributed by atoms with Crippen LogP contribution in [0.1, 0.15) is 44.1 Å². The molecule has 1 saturated carbocycles. The van der Waals surface area contributed by atoms with Crippen molar-refractivity contribution in [2.75, 3.05) is 23.8 Å². The highest BCUT2D eigenvalue weighted by Crippen LogP contribution is 2.41. The van der Waals surface area contributed by atoms with E-state index in [1.54, 1.807) is 4.90 Å². The molecule has 3 aliphatic heterocycles. The summed E-state index contributed by atoms with van der Waals surface area (Å²) in [5, 5.41) is 2.53. The molecule has 1 aliphatic carbocycles. The van der Waals surface area contributed by atoms with E-state index in [-0.39, 0.29) is 34.4 Å². The summed E-state index contributed by atoms with van der Waals surface area (Å²) in [6, 6.07) is 1.45. The number of imide groups is 1. The average molecular weight is 528 g/mol. The van der Waals surface area contributed by atoms with E-state index in [1.807, 2.05) is 0 Å². The Kier molecular flexibility index (Phi) is 5.70. The first-order valence-corrected chi connectivity index (χ1v) is 15.1. The van der Waals surface area contributed by atoms with Crippen LogP contribution in [0.2, 0.25) is 0 Å². The molecule has 1 aromatic carbocycles. The maximum Gasteiger partial charge on any atom is 0.325 e. The molecule has 0 aromatic heterocycles. The van der Waals surface area contributed by atoms with Crippen molar-refractivity contribution >= 4 is 37.5 Å². The summed E-state index contributed by atoms with van der Waals surface area (Å²) in [6.45, 7) is -0.600. The van der Waals surface area contributed by atoms with Gasteiger partial charge in [0.25, 0.3) is 5.91 Å². The molecule has 13 heteroatoms. The molecule has 1 spiro atoms. The maximum absolute atomic E-state index is 14.1. The van der Waals surface area contributed by atoms with Crippen LogP contribution >= 0.6 is 0 Å². The van der Waals surface area contributed by atoms with Crippen LogP contribution in [0.15, 0.2) is 23.1 Å². The number of carbonyl (C=O) groups excluding carboxylic acids is 3. The molecule has 3 fully saturated rings. The Hall–Kier alpha value is -2.54. The fourth-order valence-corrected chi connectivity index (χ4v) is 9.21. The standard InChI is InChI=1S/C22H26FN3O7S2/c23-14-5-6-18-17(11-14)22(8-10-35(18,32)33)20(28)25(21(29)24-22)12-19(27)26(15-3-1-2-4-15)16-7-9-34(30,31)13-16/h5-6,11,15-16H,1-4,7-10,12-13H2,(H,24,29). The van der Waals surface area contributed by atoms with Gasteiger partial charge in [0, 0.05) is 17.6 Å². The Morgan fingerprint density at radius 2 is 1.80 bits per heavy atom. The van der Waals surface area contributed by atoms with E-state index in [0.717, 1.165) is 48.8 Å². The van der Waals surface area contributed by atoms with Crippen molar-refractivity contribution in [3.05, 3.63) is 29.6 Å². The summed E-state index contributed by atoms with van der Waals surface area (Å²) in [6.07, 6.45) is 3.26. The molecule has 35 heavy (non-hydrogen) atoms. The zero-order valence-corrected chi connectivity index (χ0v) is 20.5. The van der Waals surface area contributed by atoms with Gasteiger partial charge >= 0.3 is 6.03 Å². The van der Waals surface area contributed by atoms with E-state index in [1.165, 1.54) is 0 Å². The smallest absolute Gasteiger partial charge is 0.325 e. The summed E-state index contributed by atoms with van der Waals surface area (Å²) in [5.74, 6) is -2.69. The summed E-state index contributed by atoms with van der Waals surface area (Å²) >= 11 is 0. The molecular formula is C22H26FN3O7S2. The third-order valence-electron chi connectivity index (χ3n) is 7.56. The summed E-state index contributed by atoms with van der Waals surface area (Å²) in [5.41, 5.74) is -1.93. The van der Waals surface area contributed by atoms with E-state index >= 15 is 0 Å². The van der Waals surface area contributed by atoms with Crippen LogP contribution in [0, 0.1) is 5.82 Å².